The minimum Gasteiger partial charge on any atom is -0.495 e. The fourth-order valence-electron chi connectivity index (χ4n) is 5.46. The third-order valence-corrected chi connectivity index (χ3v) is 7.71. The highest BCUT2D eigenvalue weighted by Crippen LogP contribution is 2.31. The average molecular weight is 602 g/mol. The van der Waals surface area contributed by atoms with Crippen LogP contribution in [0, 0.1) is 0 Å². The van der Waals surface area contributed by atoms with Gasteiger partial charge in [-0.1, -0.05) is 12.1 Å². The molecule has 5 rings (SSSR count). The van der Waals surface area contributed by atoms with E-state index in [0.29, 0.717) is 48.7 Å². The highest BCUT2D eigenvalue weighted by atomic mass is 16.5. The number of hydrogen-bond donors (Lipinski definition) is 3. The predicted molar refractivity (Wildman–Crippen MR) is 170 cm³/mol. The Bertz CT molecular complexity index is 1450. The maximum absolute atomic E-state index is 13.5. The molecule has 3 aromatic carbocycles. The number of urea groups is 1. The highest BCUT2D eigenvalue weighted by molar-refractivity contribution is 6.04. The number of methoxy groups -OCH3 is 1. The molecule has 2 fully saturated rings. The summed E-state index contributed by atoms with van der Waals surface area (Å²) in [5, 5.41) is 8.62. The molecule has 0 spiro atoms. The molecule has 0 bridgehead atoms. The maximum Gasteiger partial charge on any atom is 0.338 e. The number of carbonyl (C=O) groups is 3. The average Bonchev–Trinajstić information content (AvgIpc) is 3.58. The minimum absolute atomic E-state index is 0.00843. The molecule has 232 valence electrons. The van der Waals surface area contributed by atoms with E-state index in [4.69, 9.17) is 14.2 Å². The van der Waals surface area contributed by atoms with E-state index in [0.717, 1.165) is 43.1 Å². The first-order chi connectivity index (χ1) is 21.4. The highest BCUT2D eigenvalue weighted by Gasteiger charge is 2.25. The first-order valence-corrected chi connectivity index (χ1v) is 15.0. The molecule has 0 saturated carbocycles. The molecule has 3 aromatic rings. The lowest BCUT2D eigenvalue weighted by molar-refractivity contribution is 0.0526. The largest absolute Gasteiger partial charge is 0.495 e. The molecular weight excluding hydrogens is 562 g/mol. The summed E-state index contributed by atoms with van der Waals surface area (Å²) in [5.74, 6) is 0.190. The molecular formula is C33H39N5O6. The number of carbonyl (C=O) groups excluding carboxylic acids is 3. The van der Waals surface area contributed by atoms with Crippen molar-refractivity contribution in [3.63, 3.8) is 0 Å². The summed E-state index contributed by atoms with van der Waals surface area (Å²) in [4.78, 5) is 42.7. The Morgan fingerprint density at radius 3 is 2.25 bits per heavy atom. The van der Waals surface area contributed by atoms with Crippen LogP contribution in [-0.4, -0.2) is 77.1 Å². The van der Waals surface area contributed by atoms with E-state index < -0.39 is 12.0 Å². The zero-order valence-corrected chi connectivity index (χ0v) is 25.1. The number of piperazine rings is 1. The Balaban J connectivity index is 1.28. The van der Waals surface area contributed by atoms with Crippen molar-refractivity contribution in [1.82, 2.24) is 5.32 Å². The van der Waals surface area contributed by atoms with E-state index in [-0.39, 0.29) is 18.6 Å². The van der Waals surface area contributed by atoms with Crippen LogP contribution >= 0.6 is 0 Å². The van der Waals surface area contributed by atoms with Gasteiger partial charge >= 0.3 is 12.0 Å². The smallest absolute Gasteiger partial charge is 0.338 e. The van der Waals surface area contributed by atoms with Gasteiger partial charge in [-0.15, -0.1) is 0 Å². The number of benzene rings is 3. The predicted octanol–water partition coefficient (Wildman–Crippen LogP) is 4.75. The number of nitrogens with zero attached hydrogens (tertiary/aromatic N) is 2. The number of hydrogen-bond acceptors (Lipinski definition) is 8. The molecule has 11 nitrogen and oxygen atoms in total. The Morgan fingerprint density at radius 2 is 1.57 bits per heavy atom. The van der Waals surface area contributed by atoms with E-state index in [9.17, 15) is 14.4 Å². The van der Waals surface area contributed by atoms with Crippen LogP contribution in [0.25, 0.3) is 0 Å². The number of nitrogens with one attached hydrogen (secondary N) is 3. The molecule has 0 aliphatic carbocycles. The number of amides is 3. The molecule has 2 saturated heterocycles. The lowest BCUT2D eigenvalue weighted by Gasteiger charge is -2.38. The van der Waals surface area contributed by atoms with Gasteiger partial charge in [0.25, 0.3) is 5.91 Å². The first-order valence-electron chi connectivity index (χ1n) is 15.0. The lowest BCUT2D eigenvalue weighted by Crippen LogP contribution is -2.47. The van der Waals surface area contributed by atoms with Gasteiger partial charge in [-0.2, -0.15) is 0 Å². The maximum atomic E-state index is 13.5. The van der Waals surface area contributed by atoms with E-state index >= 15 is 0 Å². The second-order valence-electron chi connectivity index (χ2n) is 10.6. The van der Waals surface area contributed by atoms with Gasteiger partial charge in [-0.05, 0) is 74.4 Å². The molecule has 1 atom stereocenters. The molecule has 11 heteroatoms. The van der Waals surface area contributed by atoms with E-state index in [1.54, 1.807) is 50.4 Å². The van der Waals surface area contributed by atoms with Crippen molar-refractivity contribution in [2.24, 2.45) is 0 Å². The molecule has 0 aromatic heterocycles. The van der Waals surface area contributed by atoms with Crippen LogP contribution in [0.2, 0.25) is 0 Å². The summed E-state index contributed by atoms with van der Waals surface area (Å²) in [6.45, 7) is 6.10. The summed E-state index contributed by atoms with van der Waals surface area (Å²) in [6.07, 6.45) is 1.91. The molecule has 44 heavy (non-hydrogen) atoms. The van der Waals surface area contributed by atoms with Gasteiger partial charge in [0.1, 0.15) is 5.75 Å². The normalized spacial score (nSPS) is 16.3. The fourth-order valence-corrected chi connectivity index (χ4v) is 5.46. The van der Waals surface area contributed by atoms with Crippen molar-refractivity contribution in [3.05, 3.63) is 77.9 Å². The van der Waals surface area contributed by atoms with Crippen molar-refractivity contribution in [2.75, 3.05) is 73.5 Å². The summed E-state index contributed by atoms with van der Waals surface area (Å²) < 4.78 is 16.3. The van der Waals surface area contributed by atoms with Gasteiger partial charge < -0.3 is 40.0 Å². The van der Waals surface area contributed by atoms with Gasteiger partial charge in [-0.3, -0.25) is 4.79 Å². The molecule has 3 amide bonds. The van der Waals surface area contributed by atoms with Crippen molar-refractivity contribution >= 4 is 40.7 Å². The molecule has 1 unspecified atom stereocenters. The number of esters is 1. The summed E-state index contributed by atoms with van der Waals surface area (Å²) >= 11 is 0. The summed E-state index contributed by atoms with van der Waals surface area (Å²) in [5.41, 5.74) is 3.71. The quantitative estimate of drug-likeness (QED) is 0.285. The van der Waals surface area contributed by atoms with Crippen molar-refractivity contribution in [2.45, 2.75) is 25.9 Å². The van der Waals surface area contributed by atoms with Gasteiger partial charge in [0.05, 0.1) is 36.6 Å². The molecule has 2 aliphatic rings. The monoisotopic (exact) mass is 601 g/mol. The van der Waals surface area contributed by atoms with Crippen molar-refractivity contribution in [1.29, 1.82) is 0 Å². The van der Waals surface area contributed by atoms with Crippen LogP contribution in [0.4, 0.5) is 27.5 Å². The van der Waals surface area contributed by atoms with Crippen LogP contribution in [0.15, 0.2) is 66.7 Å². The second kappa shape index (κ2) is 14.6. The molecule has 3 N–H and O–H groups in total. The number of para-hydroxylation sites is 2. The lowest BCUT2D eigenvalue weighted by atomic mass is 10.1. The number of anilines is 4. The Hall–Kier alpha value is -4.77. The molecule has 0 radical (unpaired) electrons. The second-order valence-corrected chi connectivity index (χ2v) is 10.6. The Morgan fingerprint density at radius 1 is 0.886 bits per heavy atom. The fraction of sp³-hybridized carbons (Fsp3) is 0.364. The van der Waals surface area contributed by atoms with Crippen molar-refractivity contribution < 1.29 is 28.6 Å². The van der Waals surface area contributed by atoms with E-state index in [1.165, 1.54) is 0 Å². The third kappa shape index (κ3) is 7.59. The Labute approximate surface area is 257 Å². The van der Waals surface area contributed by atoms with Gasteiger partial charge in [-0.25, -0.2) is 9.59 Å². The minimum atomic E-state index is -0.474. The SMILES string of the molecule is CCOC(=O)c1ccc(NC(=O)Nc2ccc(N3CCN(c4ccccc4OC)CC3)c(C(=O)NCC3CCCO3)c2)cc1. The van der Waals surface area contributed by atoms with Crippen LogP contribution in [0.5, 0.6) is 5.75 Å². The van der Waals surface area contributed by atoms with E-state index in [2.05, 4.69) is 31.8 Å². The standard InChI is InChI=1S/C33H39N5O6/c1-3-43-32(40)23-10-12-24(13-11-23)35-33(41)36-25-14-15-28(27(21-25)31(39)34-22-26-7-6-20-44-26)37-16-18-38(19-17-37)29-8-4-5-9-30(29)42-2/h4-5,8-15,21,26H,3,6-7,16-20,22H2,1-2H3,(H,34,39)(H2,35,36,41). The van der Waals surface area contributed by atoms with Crippen LogP contribution in [0.1, 0.15) is 40.5 Å². The summed E-state index contributed by atoms with van der Waals surface area (Å²) in [7, 11) is 1.67. The Kier molecular flexibility index (Phi) is 10.2. The number of rotatable bonds is 10. The van der Waals surface area contributed by atoms with Crippen LogP contribution < -0.4 is 30.5 Å². The third-order valence-electron chi connectivity index (χ3n) is 7.71. The van der Waals surface area contributed by atoms with Crippen molar-refractivity contribution in [3.8, 4) is 5.75 Å². The van der Waals surface area contributed by atoms with E-state index in [1.807, 2.05) is 24.3 Å². The van der Waals surface area contributed by atoms with Crippen LogP contribution in [-0.2, 0) is 9.47 Å². The molecule has 2 heterocycles. The zero-order valence-electron chi connectivity index (χ0n) is 25.1. The molecule has 2 aliphatic heterocycles. The topological polar surface area (TPSA) is 121 Å². The summed E-state index contributed by atoms with van der Waals surface area (Å²) in [6, 6.07) is 19.3. The number of ether oxygens (including phenoxy) is 3. The van der Waals surface area contributed by atoms with Gasteiger partial charge in [0.2, 0.25) is 0 Å². The van der Waals surface area contributed by atoms with Gasteiger partial charge in [0.15, 0.2) is 0 Å². The first kappa shape index (κ1) is 30.7. The zero-order chi connectivity index (χ0) is 30.9. The van der Waals surface area contributed by atoms with Gasteiger partial charge in [0, 0.05) is 56.4 Å². The van der Waals surface area contributed by atoms with Crippen LogP contribution in [0.3, 0.4) is 0 Å².